The van der Waals surface area contributed by atoms with E-state index in [1.807, 2.05) is 24.3 Å². The fraction of sp³-hybridized carbons (Fsp3) is 0.125. The van der Waals surface area contributed by atoms with E-state index in [0.29, 0.717) is 6.54 Å². The minimum Gasteiger partial charge on any atom is -0.379 e. The molecule has 0 amide bonds. The summed E-state index contributed by atoms with van der Waals surface area (Å²) < 4.78 is 0. The third-order valence-corrected chi connectivity index (χ3v) is 4.41. The summed E-state index contributed by atoms with van der Waals surface area (Å²) in [7, 11) is 0. The molecule has 0 fully saturated rings. The number of thioether (sulfide) groups is 1. The van der Waals surface area contributed by atoms with Crippen LogP contribution < -0.4 is 5.32 Å². The van der Waals surface area contributed by atoms with Gasteiger partial charge < -0.3 is 10.3 Å². The Balaban J connectivity index is 1.81. The summed E-state index contributed by atoms with van der Waals surface area (Å²) in [5.74, 6) is 0. The maximum atomic E-state index is 6.41. The number of para-hydroxylation sites is 1. The van der Waals surface area contributed by atoms with Crippen molar-refractivity contribution >= 4 is 40.0 Å². The van der Waals surface area contributed by atoms with Crippen LogP contribution >= 0.6 is 23.4 Å². The lowest BCUT2D eigenvalue weighted by Crippen LogP contribution is -2.00. The number of hydrogen-bond donors (Lipinski definition) is 2. The normalized spacial score (nSPS) is 10.9. The fourth-order valence-corrected chi connectivity index (χ4v) is 2.95. The predicted molar refractivity (Wildman–Crippen MR) is 88.9 cm³/mol. The van der Waals surface area contributed by atoms with Gasteiger partial charge in [0.15, 0.2) is 0 Å². The number of nitrogens with one attached hydrogen (secondary N) is 2. The summed E-state index contributed by atoms with van der Waals surface area (Å²) in [6, 6.07) is 16.4. The summed E-state index contributed by atoms with van der Waals surface area (Å²) in [6.45, 7) is 0.686. The van der Waals surface area contributed by atoms with Crippen molar-refractivity contribution in [2.45, 2.75) is 11.4 Å². The molecule has 0 saturated heterocycles. The van der Waals surface area contributed by atoms with Gasteiger partial charge >= 0.3 is 0 Å². The minimum absolute atomic E-state index is 0.686. The van der Waals surface area contributed by atoms with Crippen molar-refractivity contribution in [2.75, 3.05) is 11.6 Å². The number of H-pyrrole nitrogens is 1. The lowest BCUT2D eigenvalue weighted by molar-refractivity contribution is 1.08. The highest BCUT2D eigenvalue weighted by Crippen LogP contribution is 2.28. The molecule has 0 aliphatic heterocycles. The average molecular weight is 303 g/mol. The summed E-state index contributed by atoms with van der Waals surface area (Å²) >= 11 is 8.14. The Morgan fingerprint density at radius 1 is 1.15 bits per heavy atom. The Morgan fingerprint density at radius 2 is 2.00 bits per heavy atom. The van der Waals surface area contributed by atoms with E-state index >= 15 is 0 Å². The van der Waals surface area contributed by atoms with Crippen molar-refractivity contribution in [3.8, 4) is 0 Å². The Morgan fingerprint density at radius 3 is 2.80 bits per heavy atom. The van der Waals surface area contributed by atoms with Crippen LogP contribution in [-0.2, 0) is 6.54 Å². The highest BCUT2D eigenvalue weighted by molar-refractivity contribution is 7.98. The van der Waals surface area contributed by atoms with Gasteiger partial charge in [-0.15, -0.1) is 11.8 Å². The average Bonchev–Trinajstić information content (AvgIpc) is 2.82. The van der Waals surface area contributed by atoms with E-state index in [2.05, 4.69) is 40.8 Å². The van der Waals surface area contributed by atoms with Gasteiger partial charge in [-0.3, -0.25) is 0 Å². The summed E-state index contributed by atoms with van der Waals surface area (Å²) in [4.78, 5) is 4.61. The summed E-state index contributed by atoms with van der Waals surface area (Å²) in [6.07, 6.45) is 2.08. The molecule has 20 heavy (non-hydrogen) atoms. The second-order valence-corrected chi connectivity index (χ2v) is 5.81. The van der Waals surface area contributed by atoms with Gasteiger partial charge in [-0.25, -0.2) is 0 Å². The lowest BCUT2D eigenvalue weighted by atomic mass is 10.2. The minimum atomic E-state index is 0.686. The second-order valence-electron chi connectivity index (χ2n) is 4.55. The number of fused-ring (bicyclic) bond motifs is 1. The lowest BCUT2D eigenvalue weighted by Gasteiger charge is -2.07. The Hall–Kier alpha value is -1.58. The van der Waals surface area contributed by atoms with Gasteiger partial charge in [0.1, 0.15) is 0 Å². The molecule has 0 spiro atoms. The van der Waals surface area contributed by atoms with Gasteiger partial charge in [0.2, 0.25) is 0 Å². The van der Waals surface area contributed by atoms with Gasteiger partial charge in [0.05, 0.1) is 17.3 Å². The molecule has 0 bridgehead atoms. The molecule has 0 radical (unpaired) electrons. The summed E-state index contributed by atoms with van der Waals surface area (Å²) in [5, 5.41) is 5.28. The van der Waals surface area contributed by atoms with Gasteiger partial charge in [-0.1, -0.05) is 35.9 Å². The van der Waals surface area contributed by atoms with Crippen LogP contribution in [0.4, 0.5) is 5.69 Å². The van der Waals surface area contributed by atoms with Crippen LogP contribution in [0.15, 0.2) is 53.4 Å². The zero-order valence-corrected chi connectivity index (χ0v) is 12.7. The number of aromatic amines is 1. The largest absolute Gasteiger partial charge is 0.379 e. The molecular formula is C16H15ClN2S. The highest BCUT2D eigenvalue weighted by atomic mass is 35.5. The van der Waals surface area contributed by atoms with E-state index in [-0.39, 0.29) is 0 Å². The number of hydrogen-bond acceptors (Lipinski definition) is 2. The van der Waals surface area contributed by atoms with Crippen LogP contribution in [0.25, 0.3) is 10.9 Å². The van der Waals surface area contributed by atoms with E-state index in [1.54, 1.807) is 11.8 Å². The molecule has 0 aliphatic rings. The quantitative estimate of drug-likeness (QED) is 0.652. The molecule has 1 aromatic heterocycles. The van der Waals surface area contributed by atoms with Crippen LogP contribution in [-0.4, -0.2) is 11.2 Å². The summed E-state index contributed by atoms with van der Waals surface area (Å²) in [5.41, 5.74) is 3.20. The molecule has 2 aromatic carbocycles. The molecule has 0 saturated carbocycles. The van der Waals surface area contributed by atoms with Gasteiger partial charge in [0, 0.05) is 21.5 Å². The Kier molecular flexibility index (Phi) is 3.90. The first kappa shape index (κ1) is 13.4. The Labute approximate surface area is 127 Å². The first-order valence-corrected chi connectivity index (χ1v) is 8.01. The molecule has 3 rings (SSSR count). The van der Waals surface area contributed by atoms with Crippen LogP contribution in [0.1, 0.15) is 5.69 Å². The predicted octanol–water partition coefficient (Wildman–Crippen LogP) is 5.16. The fourth-order valence-electron chi connectivity index (χ4n) is 2.21. The first-order valence-electron chi connectivity index (χ1n) is 6.41. The number of halogens is 1. The molecule has 2 nitrogen and oxygen atoms in total. The van der Waals surface area contributed by atoms with E-state index < -0.39 is 0 Å². The number of aromatic nitrogens is 1. The number of rotatable bonds is 4. The zero-order chi connectivity index (χ0) is 13.9. The Bertz CT molecular complexity index is 736. The van der Waals surface area contributed by atoms with Crippen LogP contribution in [0, 0.1) is 0 Å². The smallest absolute Gasteiger partial charge is 0.0710 e. The van der Waals surface area contributed by atoms with E-state index in [9.17, 15) is 0 Å². The van der Waals surface area contributed by atoms with Crippen molar-refractivity contribution in [1.29, 1.82) is 0 Å². The SMILES string of the molecule is CSc1cccc(NCc2[nH]c3ccccc3c2Cl)c1. The van der Waals surface area contributed by atoms with E-state index in [0.717, 1.165) is 27.3 Å². The molecule has 102 valence electrons. The maximum absolute atomic E-state index is 6.41. The van der Waals surface area contributed by atoms with Gasteiger partial charge in [-0.2, -0.15) is 0 Å². The second kappa shape index (κ2) is 5.81. The molecule has 4 heteroatoms. The maximum Gasteiger partial charge on any atom is 0.0710 e. The first-order chi connectivity index (χ1) is 9.78. The van der Waals surface area contributed by atoms with Crippen molar-refractivity contribution in [3.63, 3.8) is 0 Å². The monoisotopic (exact) mass is 302 g/mol. The highest BCUT2D eigenvalue weighted by Gasteiger charge is 2.08. The van der Waals surface area contributed by atoms with Crippen molar-refractivity contribution in [1.82, 2.24) is 4.98 Å². The molecule has 2 N–H and O–H groups in total. The zero-order valence-electron chi connectivity index (χ0n) is 11.1. The standard InChI is InChI=1S/C16H15ClN2S/c1-20-12-6-4-5-11(9-12)18-10-15-16(17)13-7-2-3-8-14(13)19-15/h2-9,18-19H,10H2,1H3. The third kappa shape index (κ3) is 2.65. The molecule has 0 atom stereocenters. The number of benzene rings is 2. The van der Waals surface area contributed by atoms with Gasteiger partial charge in [-0.05, 0) is 30.5 Å². The van der Waals surface area contributed by atoms with E-state index in [1.165, 1.54) is 4.90 Å². The van der Waals surface area contributed by atoms with Crippen LogP contribution in [0.3, 0.4) is 0 Å². The molecule has 3 aromatic rings. The molecule has 0 aliphatic carbocycles. The van der Waals surface area contributed by atoms with Crippen molar-refractivity contribution < 1.29 is 0 Å². The number of anilines is 1. The molecule has 0 unspecified atom stereocenters. The van der Waals surface area contributed by atoms with E-state index in [4.69, 9.17) is 11.6 Å². The topological polar surface area (TPSA) is 27.8 Å². The molecular weight excluding hydrogens is 288 g/mol. The van der Waals surface area contributed by atoms with Crippen LogP contribution in [0.5, 0.6) is 0 Å². The third-order valence-electron chi connectivity index (χ3n) is 3.25. The van der Waals surface area contributed by atoms with Gasteiger partial charge in [0.25, 0.3) is 0 Å². The van der Waals surface area contributed by atoms with Crippen molar-refractivity contribution in [3.05, 3.63) is 59.2 Å². The van der Waals surface area contributed by atoms with Crippen LogP contribution in [0.2, 0.25) is 5.02 Å². The molecule has 1 heterocycles. The van der Waals surface area contributed by atoms with Crippen molar-refractivity contribution in [2.24, 2.45) is 0 Å².